The molecule has 0 aliphatic carbocycles. The fourth-order valence-electron chi connectivity index (χ4n) is 1.33. The van der Waals surface area contributed by atoms with E-state index in [0.29, 0.717) is 10.0 Å². The highest BCUT2D eigenvalue weighted by atomic mass is 35.5. The van der Waals surface area contributed by atoms with E-state index in [-0.39, 0.29) is 0 Å². The van der Waals surface area contributed by atoms with Gasteiger partial charge in [0.1, 0.15) is 0 Å². The van der Waals surface area contributed by atoms with Crippen LogP contribution in [0.2, 0.25) is 15.1 Å². The number of hydrogen-bond donors (Lipinski definition) is 0. The van der Waals surface area contributed by atoms with Crippen LogP contribution in [0.25, 0.3) is 0 Å². The fourth-order valence-corrected chi connectivity index (χ4v) is 2.91. The van der Waals surface area contributed by atoms with E-state index in [9.17, 15) is 0 Å². The van der Waals surface area contributed by atoms with Crippen molar-refractivity contribution in [2.24, 2.45) is 0 Å². The third kappa shape index (κ3) is 3.82. The van der Waals surface area contributed by atoms with E-state index >= 15 is 0 Å². The van der Waals surface area contributed by atoms with Gasteiger partial charge in [0.25, 0.3) is 0 Å². The molecule has 0 unspecified atom stereocenters. The van der Waals surface area contributed by atoms with E-state index in [1.807, 2.05) is 36.4 Å². The topological polar surface area (TPSA) is 0 Å². The Bertz CT molecular complexity index is 509. The van der Waals surface area contributed by atoms with Crippen LogP contribution in [0.4, 0.5) is 0 Å². The minimum absolute atomic E-state index is 0.662. The maximum absolute atomic E-state index is 6.10. The first-order chi connectivity index (χ1) is 8.15. The number of halogens is 3. The molecule has 0 aromatic heterocycles. The van der Waals surface area contributed by atoms with Crippen LogP contribution in [0.5, 0.6) is 0 Å². The van der Waals surface area contributed by atoms with Crippen LogP contribution in [0.15, 0.2) is 47.4 Å². The molecule has 0 aliphatic rings. The zero-order valence-corrected chi connectivity index (χ0v) is 11.9. The minimum Gasteiger partial charge on any atom is -0.121 e. The van der Waals surface area contributed by atoms with Crippen LogP contribution >= 0.6 is 46.6 Å². The third-order valence-corrected chi connectivity index (χ3v) is 4.12. The number of rotatable bonds is 3. The molecule has 0 heterocycles. The highest BCUT2D eigenvalue weighted by Gasteiger charge is 2.02. The molecule has 0 fully saturated rings. The Labute approximate surface area is 120 Å². The Morgan fingerprint density at radius 3 is 2.12 bits per heavy atom. The van der Waals surface area contributed by atoms with Gasteiger partial charge in [-0.1, -0.05) is 40.9 Å². The Morgan fingerprint density at radius 1 is 0.824 bits per heavy atom. The second kappa shape index (κ2) is 6.01. The quantitative estimate of drug-likeness (QED) is 0.632. The Hall–Kier alpha value is -0.340. The van der Waals surface area contributed by atoms with Gasteiger partial charge >= 0.3 is 0 Å². The van der Waals surface area contributed by atoms with Crippen molar-refractivity contribution in [1.29, 1.82) is 0 Å². The number of thioether (sulfide) groups is 1. The van der Waals surface area contributed by atoms with E-state index in [1.54, 1.807) is 17.8 Å². The van der Waals surface area contributed by atoms with Crippen molar-refractivity contribution in [1.82, 2.24) is 0 Å². The monoisotopic (exact) mass is 302 g/mol. The number of benzene rings is 2. The van der Waals surface area contributed by atoms with Crippen molar-refractivity contribution < 1.29 is 0 Å². The molecular formula is C13H9Cl3S. The van der Waals surface area contributed by atoms with E-state index in [0.717, 1.165) is 16.3 Å². The van der Waals surface area contributed by atoms with Gasteiger partial charge in [-0.15, -0.1) is 11.8 Å². The molecule has 4 heteroatoms. The van der Waals surface area contributed by atoms with Crippen molar-refractivity contribution in [3.05, 3.63) is 63.1 Å². The first-order valence-corrected chi connectivity index (χ1v) is 7.09. The van der Waals surface area contributed by atoms with Crippen LogP contribution in [0.1, 0.15) is 5.56 Å². The summed E-state index contributed by atoms with van der Waals surface area (Å²) in [5.74, 6) is 0.817. The molecule has 0 aliphatic heterocycles. The molecule has 0 saturated carbocycles. The third-order valence-electron chi connectivity index (χ3n) is 2.22. The van der Waals surface area contributed by atoms with Gasteiger partial charge in [0, 0.05) is 25.7 Å². The van der Waals surface area contributed by atoms with Crippen molar-refractivity contribution in [2.75, 3.05) is 0 Å². The zero-order chi connectivity index (χ0) is 12.3. The smallest absolute Gasteiger partial charge is 0.0461 e. The van der Waals surface area contributed by atoms with Gasteiger partial charge in [-0.2, -0.15) is 0 Å². The second-order valence-corrected chi connectivity index (χ2v) is 5.81. The molecule has 2 rings (SSSR count). The van der Waals surface area contributed by atoms with E-state index in [1.165, 1.54) is 4.90 Å². The summed E-state index contributed by atoms with van der Waals surface area (Å²) in [6.07, 6.45) is 0. The SMILES string of the molecule is Clc1ccc(SCc2ccc(Cl)cc2Cl)cc1. The summed E-state index contributed by atoms with van der Waals surface area (Å²) in [7, 11) is 0. The highest BCUT2D eigenvalue weighted by molar-refractivity contribution is 7.98. The molecule has 2 aromatic rings. The highest BCUT2D eigenvalue weighted by Crippen LogP contribution is 2.29. The standard InChI is InChI=1S/C13H9Cl3S/c14-10-3-5-12(6-4-10)17-8-9-1-2-11(15)7-13(9)16/h1-7H,8H2. The summed E-state index contributed by atoms with van der Waals surface area (Å²) in [4.78, 5) is 1.17. The lowest BCUT2D eigenvalue weighted by atomic mass is 10.2. The molecule has 0 atom stereocenters. The van der Waals surface area contributed by atoms with E-state index < -0.39 is 0 Å². The molecule has 0 N–H and O–H groups in total. The lowest BCUT2D eigenvalue weighted by Gasteiger charge is -2.05. The van der Waals surface area contributed by atoms with Crippen molar-refractivity contribution >= 4 is 46.6 Å². The average molecular weight is 304 g/mol. The van der Waals surface area contributed by atoms with Gasteiger partial charge in [-0.3, -0.25) is 0 Å². The molecule has 0 bridgehead atoms. The molecular weight excluding hydrogens is 295 g/mol. The average Bonchev–Trinajstić information content (AvgIpc) is 2.30. The molecule has 0 amide bonds. The summed E-state index contributed by atoms with van der Waals surface area (Å²) >= 11 is 19.5. The molecule has 2 aromatic carbocycles. The first-order valence-electron chi connectivity index (χ1n) is 4.97. The first kappa shape index (κ1) is 13.1. The Kier molecular flexibility index (Phi) is 4.63. The van der Waals surface area contributed by atoms with Crippen LogP contribution < -0.4 is 0 Å². The molecule has 0 spiro atoms. The predicted octanol–water partition coefficient (Wildman–Crippen LogP) is 5.94. The Morgan fingerprint density at radius 2 is 1.47 bits per heavy atom. The predicted molar refractivity (Wildman–Crippen MR) is 77.5 cm³/mol. The van der Waals surface area contributed by atoms with Gasteiger partial charge < -0.3 is 0 Å². The zero-order valence-electron chi connectivity index (χ0n) is 8.79. The second-order valence-electron chi connectivity index (χ2n) is 3.48. The lowest BCUT2D eigenvalue weighted by Crippen LogP contribution is -1.82. The molecule has 0 radical (unpaired) electrons. The van der Waals surface area contributed by atoms with Gasteiger partial charge in [-0.05, 0) is 42.0 Å². The van der Waals surface area contributed by atoms with Crippen molar-refractivity contribution in [2.45, 2.75) is 10.6 Å². The van der Waals surface area contributed by atoms with Gasteiger partial charge in [0.15, 0.2) is 0 Å². The van der Waals surface area contributed by atoms with Gasteiger partial charge in [-0.25, -0.2) is 0 Å². The van der Waals surface area contributed by atoms with Crippen LogP contribution in [0, 0.1) is 0 Å². The molecule has 17 heavy (non-hydrogen) atoms. The summed E-state index contributed by atoms with van der Waals surface area (Å²) in [5, 5.41) is 2.12. The van der Waals surface area contributed by atoms with Crippen LogP contribution in [-0.2, 0) is 5.75 Å². The maximum Gasteiger partial charge on any atom is 0.0461 e. The summed E-state index contributed by atoms with van der Waals surface area (Å²) in [5.41, 5.74) is 1.08. The minimum atomic E-state index is 0.662. The summed E-state index contributed by atoms with van der Waals surface area (Å²) < 4.78 is 0. The van der Waals surface area contributed by atoms with Gasteiger partial charge in [0.2, 0.25) is 0 Å². The number of hydrogen-bond acceptors (Lipinski definition) is 1. The van der Waals surface area contributed by atoms with Crippen molar-refractivity contribution in [3.63, 3.8) is 0 Å². The van der Waals surface area contributed by atoms with Gasteiger partial charge in [0.05, 0.1) is 0 Å². The maximum atomic E-state index is 6.10. The van der Waals surface area contributed by atoms with E-state index in [4.69, 9.17) is 34.8 Å². The molecule has 88 valence electrons. The van der Waals surface area contributed by atoms with E-state index in [2.05, 4.69) is 0 Å². The van der Waals surface area contributed by atoms with Crippen molar-refractivity contribution in [3.8, 4) is 0 Å². The summed E-state index contributed by atoms with van der Waals surface area (Å²) in [6, 6.07) is 13.3. The van der Waals surface area contributed by atoms with Crippen LogP contribution in [-0.4, -0.2) is 0 Å². The molecule has 0 nitrogen and oxygen atoms in total. The normalized spacial score (nSPS) is 10.5. The largest absolute Gasteiger partial charge is 0.121 e. The Balaban J connectivity index is 2.04. The molecule has 0 saturated heterocycles. The summed E-state index contributed by atoms with van der Waals surface area (Å²) in [6.45, 7) is 0. The lowest BCUT2D eigenvalue weighted by molar-refractivity contribution is 1.38. The fraction of sp³-hybridized carbons (Fsp3) is 0.0769. The van der Waals surface area contributed by atoms with Crippen LogP contribution in [0.3, 0.4) is 0 Å².